The van der Waals surface area contributed by atoms with E-state index in [0.29, 0.717) is 0 Å². The van der Waals surface area contributed by atoms with Crippen LogP contribution in [0.25, 0.3) is 0 Å². The standard InChI is InChI=1S/C9H10ClN3O4/c1-6(5-10)11-8-3-2-7(12(14)15)4-9(8)13(16)17/h2-4,6,11H,5H2,1H3/t6-/m0/s1. The van der Waals surface area contributed by atoms with Gasteiger partial charge in [0.15, 0.2) is 0 Å². The summed E-state index contributed by atoms with van der Waals surface area (Å²) in [6, 6.07) is 3.26. The number of anilines is 1. The number of hydrogen-bond donors (Lipinski definition) is 1. The fourth-order valence-corrected chi connectivity index (χ4v) is 1.29. The van der Waals surface area contributed by atoms with Crippen molar-refractivity contribution in [3.63, 3.8) is 0 Å². The average molecular weight is 260 g/mol. The van der Waals surface area contributed by atoms with Crippen molar-refractivity contribution in [2.45, 2.75) is 13.0 Å². The van der Waals surface area contributed by atoms with Crippen LogP contribution in [-0.4, -0.2) is 21.8 Å². The van der Waals surface area contributed by atoms with Crippen LogP contribution in [0.3, 0.4) is 0 Å². The van der Waals surface area contributed by atoms with E-state index in [-0.39, 0.29) is 29.0 Å². The van der Waals surface area contributed by atoms with Crippen molar-refractivity contribution in [3.8, 4) is 0 Å². The predicted octanol–water partition coefficient (Wildman–Crippen LogP) is 2.54. The maximum atomic E-state index is 10.8. The first-order valence-electron chi connectivity index (χ1n) is 4.71. The van der Waals surface area contributed by atoms with E-state index in [1.165, 1.54) is 12.1 Å². The van der Waals surface area contributed by atoms with Gasteiger partial charge in [0.2, 0.25) is 0 Å². The third-order valence-corrected chi connectivity index (χ3v) is 2.49. The van der Waals surface area contributed by atoms with Crippen molar-refractivity contribution in [2.75, 3.05) is 11.2 Å². The number of nitro benzene ring substituents is 2. The molecule has 0 aromatic heterocycles. The van der Waals surface area contributed by atoms with E-state index in [2.05, 4.69) is 5.32 Å². The highest BCUT2D eigenvalue weighted by molar-refractivity contribution is 6.18. The molecule has 8 heteroatoms. The van der Waals surface area contributed by atoms with Crippen LogP contribution >= 0.6 is 11.6 Å². The average Bonchev–Trinajstić information content (AvgIpc) is 2.28. The molecule has 0 aliphatic heterocycles. The Labute approximate surface area is 102 Å². The Morgan fingerprint density at radius 3 is 2.47 bits per heavy atom. The minimum Gasteiger partial charge on any atom is -0.376 e. The number of rotatable bonds is 5. The highest BCUT2D eigenvalue weighted by atomic mass is 35.5. The first-order valence-corrected chi connectivity index (χ1v) is 5.24. The topological polar surface area (TPSA) is 98.3 Å². The van der Waals surface area contributed by atoms with Crippen molar-refractivity contribution in [2.24, 2.45) is 0 Å². The molecule has 0 heterocycles. The van der Waals surface area contributed by atoms with Crippen LogP contribution in [0.1, 0.15) is 6.92 Å². The summed E-state index contributed by atoms with van der Waals surface area (Å²) < 4.78 is 0. The third-order valence-electron chi connectivity index (χ3n) is 2.02. The second-order valence-corrected chi connectivity index (χ2v) is 3.72. The van der Waals surface area contributed by atoms with Crippen molar-refractivity contribution in [1.29, 1.82) is 0 Å². The molecule has 0 amide bonds. The zero-order valence-corrected chi connectivity index (χ0v) is 9.68. The molecule has 0 aliphatic carbocycles. The largest absolute Gasteiger partial charge is 0.376 e. The lowest BCUT2D eigenvalue weighted by Crippen LogP contribution is -2.17. The molecule has 92 valence electrons. The minimum atomic E-state index is -0.679. The number of nitrogens with zero attached hydrogens (tertiary/aromatic N) is 2. The van der Waals surface area contributed by atoms with Crippen molar-refractivity contribution < 1.29 is 9.85 Å². The molecule has 1 atom stereocenters. The first-order chi connectivity index (χ1) is 7.95. The van der Waals surface area contributed by atoms with Gasteiger partial charge < -0.3 is 5.32 Å². The summed E-state index contributed by atoms with van der Waals surface area (Å²) in [7, 11) is 0. The maximum Gasteiger partial charge on any atom is 0.299 e. The number of non-ortho nitro benzene ring substituents is 1. The minimum absolute atomic E-state index is 0.170. The summed E-state index contributed by atoms with van der Waals surface area (Å²) in [5.74, 6) is 0.272. The van der Waals surface area contributed by atoms with E-state index in [9.17, 15) is 20.2 Å². The normalized spacial score (nSPS) is 11.9. The molecule has 1 N–H and O–H groups in total. The van der Waals surface area contributed by atoms with E-state index in [1.54, 1.807) is 6.92 Å². The van der Waals surface area contributed by atoms with Gasteiger partial charge in [-0.2, -0.15) is 0 Å². The van der Waals surface area contributed by atoms with Gasteiger partial charge in [-0.15, -0.1) is 11.6 Å². The van der Waals surface area contributed by atoms with Gasteiger partial charge in [0, 0.05) is 18.0 Å². The number of benzene rings is 1. The molecule has 0 bridgehead atoms. The van der Waals surface area contributed by atoms with Crippen molar-refractivity contribution >= 4 is 28.7 Å². The van der Waals surface area contributed by atoms with Gasteiger partial charge >= 0.3 is 0 Å². The Hall–Kier alpha value is -1.89. The fourth-order valence-electron chi connectivity index (χ4n) is 1.21. The van der Waals surface area contributed by atoms with E-state index in [1.807, 2.05) is 0 Å². The molecule has 1 aromatic rings. The van der Waals surface area contributed by atoms with Gasteiger partial charge in [0.1, 0.15) is 5.69 Å². The zero-order valence-electron chi connectivity index (χ0n) is 8.92. The summed E-state index contributed by atoms with van der Waals surface area (Å²) in [4.78, 5) is 19.9. The van der Waals surface area contributed by atoms with E-state index in [4.69, 9.17) is 11.6 Å². The van der Waals surface area contributed by atoms with Crippen LogP contribution < -0.4 is 5.32 Å². The van der Waals surface area contributed by atoms with Crippen LogP contribution in [0.15, 0.2) is 18.2 Å². The number of hydrogen-bond acceptors (Lipinski definition) is 5. The van der Waals surface area contributed by atoms with Crippen molar-refractivity contribution in [1.82, 2.24) is 0 Å². The van der Waals surface area contributed by atoms with Crippen LogP contribution in [0.4, 0.5) is 17.1 Å². The van der Waals surface area contributed by atoms with E-state index in [0.717, 1.165) is 6.07 Å². The first kappa shape index (κ1) is 13.2. The summed E-state index contributed by atoms with van der Waals surface area (Å²) in [6.07, 6.45) is 0. The van der Waals surface area contributed by atoms with Crippen LogP contribution in [0, 0.1) is 20.2 Å². The molecule has 1 aromatic carbocycles. The molecule has 0 unspecified atom stereocenters. The Bertz CT molecular complexity index is 452. The Morgan fingerprint density at radius 1 is 1.35 bits per heavy atom. The maximum absolute atomic E-state index is 10.8. The SMILES string of the molecule is C[C@@H](CCl)Nc1ccc([N+](=O)[O-])cc1[N+](=O)[O-]. The molecule has 0 fully saturated rings. The summed E-state index contributed by atoms with van der Waals surface area (Å²) in [6.45, 7) is 1.75. The predicted molar refractivity (Wildman–Crippen MR) is 63.6 cm³/mol. The van der Waals surface area contributed by atoms with Crippen molar-refractivity contribution in [3.05, 3.63) is 38.4 Å². The second-order valence-electron chi connectivity index (χ2n) is 3.42. The summed E-state index contributed by atoms with van der Waals surface area (Å²) >= 11 is 5.57. The lowest BCUT2D eigenvalue weighted by atomic mass is 10.2. The zero-order chi connectivity index (χ0) is 13.0. The Kier molecular flexibility index (Phi) is 4.22. The quantitative estimate of drug-likeness (QED) is 0.498. The van der Waals surface area contributed by atoms with Gasteiger partial charge in [-0.1, -0.05) is 0 Å². The molecular formula is C9H10ClN3O4. The van der Waals surface area contributed by atoms with Crippen LogP contribution in [-0.2, 0) is 0 Å². The fraction of sp³-hybridized carbons (Fsp3) is 0.333. The Morgan fingerprint density at radius 2 is 2.00 bits per heavy atom. The molecular weight excluding hydrogens is 250 g/mol. The number of nitro groups is 2. The molecule has 17 heavy (non-hydrogen) atoms. The number of halogens is 1. The van der Waals surface area contributed by atoms with Gasteiger partial charge in [0.05, 0.1) is 15.9 Å². The molecule has 7 nitrogen and oxygen atoms in total. The van der Waals surface area contributed by atoms with Gasteiger partial charge in [0.25, 0.3) is 11.4 Å². The van der Waals surface area contributed by atoms with E-state index < -0.39 is 9.85 Å². The second kappa shape index (κ2) is 5.44. The molecule has 0 saturated heterocycles. The molecule has 0 spiro atoms. The number of alkyl halides is 1. The van der Waals surface area contributed by atoms with Crippen LogP contribution in [0.2, 0.25) is 0 Å². The van der Waals surface area contributed by atoms with E-state index >= 15 is 0 Å². The molecule has 0 saturated carbocycles. The number of nitrogens with one attached hydrogen (secondary N) is 1. The molecule has 1 rings (SSSR count). The summed E-state index contributed by atoms with van der Waals surface area (Å²) in [5.41, 5.74) is -0.439. The lowest BCUT2D eigenvalue weighted by molar-refractivity contribution is -0.393. The molecule has 0 aliphatic rings. The van der Waals surface area contributed by atoms with Crippen LogP contribution in [0.5, 0.6) is 0 Å². The summed E-state index contributed by atoms with van der Waals surface area (Å²) in [5, 5.41) is 24.1. The monoisotopic (exact) mass is 259 g/mol. The highest BCUT2D eigenvalue weighted by Gasteiger charge is 2.20. The van der Waals surface area contributed by atoms with Gasteiger partial charge in [-0.25, -0.2) is 0 Å². The van der Waals surface area contributed by atoms with Gasteiger partial charge in [-0.3, -0.25) is 20.2 Å². The smallest absolute Gasteiger partial charge is 0.299 e. The molecule has 0 radical (unpaired) electrons. The Balaban J connectivity index is 3.13. The highest BCUT2D eigenvalue weighted by Crippen LogP contribution is 2.29. The lowest BCUT2D eigenvalue weighted by Gasteiger charge is -2.11. The third kappa shape index (κ3) is 3.28. The van der Waals surface area contributed by atoms with Gasteiger partial charge in [-0.05, 0) is 13.0 Å².